The molecule has 29 heavy (non-hydrogen) atoms. The molecule has 0 saturated heterocycles. The number of aromatic nitrogens is 4. The fourth-order valence-electron chi connectivity index (χ4n) is 3.77. The Bertz CT molecular complexity index is 1020. The van der Waals surface area contributed by atoms with Gasteiger partial charge in [0.15, 0.2) is 0 Å². The van der Waals surface area contributed by atoms with Gasteiger partial charge >= 0.3 is 0 Å². The molecule has 0 atom stereocenters. The predicted molar refractivity (Wildman–Crippen MR) is 114 cm³/mol. The molecule has 0 amide bonds. The van der Waals surface area contributed by atoms with Crippen molar-refractivity contribution in [2.45, 2.75) is 44.7 Å². The molecule has 8 nitrogen and oxygen atoms in total. The summed E-state index contributed by atoms with van der Waals surface area (Å²) in [5.74, 6) is 0.0723. The van der Waals surface area contributed by atoms with Gasteiger partial charge in [0.25, 0.3) is 5.56 Å². The van der Waals surface area contributed by atoms with Gasteiger partial charge in [0.05, 0.1) is 18.4 Å². The highest BCUT2D eigenvalue weighted by Gasteiger charge is 2.18. The molecule has 0 radical (unpaired) electrons. The molecule has 1 fully saturated rings. The Morgan fingerprint density at radius 3 is 2.90 bits per heavy atom. The van der Waals surface area contributed by atoms with Crippen molar-refractivity contribution in [2.75, 3.05) is 10.6 Å². The van der Waals surface area contributed by atoms with E-state index in [1.807, 2.05) is 30.3 Å². The first-order valence-electron chi connectivity index (χ1n) is 9.96. The number of nitrogens with one attached hydrogen (secondary N) is 4. The fourth-order valence-corrected chi connectivity index (χ4v) is 3.77. The van der Waals surface area contributed by atoms with E-state index in [1.165, 1.54) is 19.3 Å². The molecule has 2 heterocycles. The number of amidine groups is 1. The Balaban J connectivity index is 1.52. The third-order valence-corrected chi connectivity index (χ3v) is 5.19. The van der Waals surface area contributed by atoms with E-state index in [4.69, 9.17) is 5.41 Å². The molecule has 4 rings (SSSR count). The molecule has 3 aromatic rings. The zero-order valence-corrected chi connectivity index (χ0v) is 16.2. The number of pyridine rings is 1. The first-order chi connectivity index (χ1) is 14.2. The lowest BCUT2D eigenvalue weighted by atomic mass is 9.95. The van der Waals surface area contributed by atoms with E-state index >= 15 is 0 Å². The zero-order chi connectivity index (χ0) is 20.1. The van der Waals surface area contributed by atoms with E-state index in [-0.39, 0.29) is 11.4 Å². The maximum absolute atomic E-state index is 12.5. The third-order valence-electron chi connectivity index (χ3n) is 5.19. The maximum atomic E-state index is 12.5. The van der Waals surface area contributed by atoms with E-state index < -0.39 is 0 Å². The van der Waals surface area contributed by atoms with Crippen LogP contribution in [0.15, 0.2) is 53.7 Å². The first kappa shape index (κ1) is 18.9. The summed E-state index contributed by atoms with van der Waals surface area (Å²) in [5.41, 5.74) is 2.54. The molecular weight excluding hydrogens is 366 g/mol. The second-order valence-electron chi connectivity index (χ2n) is 7.38. The van der Waals surface area contributed by atoms with Crippen LogP contribution in [0.1, 0.15) is 43.2 Å². The summed E-state index contributed by atoms with van der Waals surface area (Å²) in [6, 6.07) is 9.91. The molecule has 0 bridgehead atoms. The Kier molecular flexibility index (Phi) is 5.69. The van der Waals surface area contributed by atoms with E-state index in [1.54, 1.807) is 23.3 Å². The average Bonchev–Trinajstić information content (AvgIpc) is 3.22. The molecule has 0 aliphatic heterocycles. The molecule has 0 unspecified atom stereocenters. The van der Waals surface area contributed by atoms with Crippen LogP contribution in [-0.2, 0) is 6.54 Å². The Morgan fingerprint density at radius 1 is 1.24 bits per heavy atom. The van der Waals surface area contributed by atoms with Crippen LogP contribution in [0.5, 0.6) is 0 Å². The number of rotatable bonds is 6. The van der Waals surface area contributed by atoms with Crippen molar-refractivity contribution >= 4 is 17.2 Å². The molecule has 4 N–H and O–H groups in total. The molecule has 0 spiro atoms. The molecule has 1 aliphatic carbocycles. The highest BCUT2D eigenvalue weighted by atomic mass is 16.1. The smallest absolute Gasteiger partial charge is 0.261 e. The Hall–Kier alpha value is -3.42. The average molecular weight is 391 g/mol. The number of aromatic amines is 1. The van der Waals surface area contributed by atoms with Gasteiger partial charge in [0, 0.05) is 24.1 Å². The van der Waals surface area contributed by atoms with Crippen molar-refractivity contribution in [1.82, 2.24) is 20.0 Å². The quantitative estimate of drug-likeness (QED) is 0.381. The van der Waals surface area contributed by atoms with Crippen molar-refractivity contribution in [3.8, 4) is 0 Å². The minimum absolute atomic E-state index is 0.0723. The van der Waals surface area contributed by atoms with Gasteiger partial charge in [0.2, 0.25) is 0 Å². The molecule has 150 valence electrons. The number of H-pyrrole nitrogens is 1. The SMILES string of the molecule is N=C(Nc1cccc(Cn2ccnn2)c1)c1c(NC2CCCCC2)cc[nH]c1=O. The molecule has 1 aliphatic rings. The third kappa shape index (κ3) is 4.71. The largest absolute Gasteiger partial charge is 0.382 e. The van der Waals surface area contributed by atoms with Crippen molar-refractivity contribution < 1.29 is 0 Å². The van der Waals surface area contributed by atoms with Crippen LogP contribution in [0, 0.1) is 5.41 Å². The molecule has 1 aromatic carbocycles. The molecule has 1 saturated carbocycles. The van der Waals surface area contributed by atoms with Gasteiger partial charge in [-0.3, -0.25) is 10.2 Å². The lowest BCUT2D eigenvalue weighted by molar-refractivity contribution is 0.462. The number of hydrogen-bond acceptors (Lipinski definition) is 5. The summed E-state index contributed by atoms with van der Waals surface area (Å²) in [5, 5.41) is 22.9. The summed E-state index contributed by atoms with van der Waals surface area (Å²) in [6.07, 6.45) is 10.9. The van der Waals surface area contributed by atoms with Crippen molar-refractivity contribution in [1.29, 1.82) is 5.41 Å². The van der Waals surface area contributed by atoms with Gasteiger partial charge in [-0.1, -0.05) is 36.6 Å². The van der Waals surface area contributed by atoms with E-state index in [0.29, 0.717) is 23.8 Å². The van der Waals surface area contributed by atoms with E-state index in [2.05, 4.69) is 25.9 Å². The van der Waals surface area contributed by atoms with Gasteiger partial charge in [-0.05, 0) is 36.6 Å². The topological polar surface area (TPSA) is 111 Å². The highest BCUT2D eigenvalue weighted by molar-refractivity contribution is 6.09. The number of hydrogen-bond donors (Lipinski definition) is 4. The van der Waals surface area contributed by atoms with E-state index in [0.717, 1.165) is 24.1 Å². The minimum atomic E-state index is -0.276. The number of nitrogens with zero attached hydrogens (tertiary/aromatic N) is 3. The summed E-state index contributed by atoms with van der Waals surface area (Å²) in [6.45, 7) is 0.587. The van der Waals surface area contributed by atoms with Crippen LogP contribution in [0.2, 0.25) is 0 Å². The highest BCUT2D eigenvalue weighted by Crippen LogP contribution is 2.23. The van der Waals surface area contributed by atoms with Crippen LogP contribution in [-0.4, -0.2) is 31.9 Å². The summed E-state index contributed by atoms with van der Waals surface area (Å²) in [4.78, 5) is 15.2. The normalized spacial score (nSPS) is 14.5. The predicted octanol–water partition coefficient (Wildman–Crippen LogP) is 3.20. The molecular formula is C21H25N7O. The van der Waals surface area contributed by atoms with Crippen molar-refractivity contribution in [3.63, 3.8) is 0 Å². The van der Waals surface area contributed by atoms with E-state index in [9.17, 15) is 4.79 Å². The van der Waals surface area contributed by atoms with Gasteiger partial charge in [-0.15, -0.1) is 5.10 Å². The van der Waals surface area contributed by atoms with Crippen LogP contribution in [0.3, 0.4) is 0 Å². The zero-order valence-electron chi connectivity index (χ0n) is 16.2. The van der Waals surface area contributed by atoms with Crippen molar-refractivity contribution in [3.05, 3.63) is 70.4 Å². The van der Waals surface area contributed by atoms with Gasteiger partial charge < -0.3 is 15.6 Å². The minimum Gasteiger partial charge on any atom is -0.382 e. The van der Waals surface area contributed by atoms with Crippen LogP contribution < -0.4 is 16.2 Å². The summed E-state index contributed by atoms with van der Waals surface area (Å²) < 4.78 is 1.73. The monoisotopic (exact) mass is 391 g/mol. The van der Waals surface area contributed by atoms with Gasteiger partial charge in [-0.2, -0.15) is 0 Å². The second kappa shape index (κ2) is 8.72. The number of anilines is 2. The van der Waals surface area contributed by atoms with Crippen molar-refractivity contribution in [2.24, 2.45) is 0 Å². The van der Waals surface area contributed by atoms with Gasteiger partial charge in [0.1, 0.15) is 11.4 Å². The number of benzene rings is 1. The first-order valence-corrected chi connectivity index (χ1v) is 9.96. The molecule has 8 heteroatoms. The van der Waals surface area contributed by atoms with Crippen LogP contribution in [0.4, 0.5) is 11.4 Å². The van der Waals surface area contributed by atoms with Crippen LogP contribution in [0.25, 0.3) is 0 Å². The second-order valence-corrected chi connectivity index (χ2v) is 7.38. The Labute approximate surface area is 168 Å². The fraction of sp³-hybridized carbons (Fsp3) is 0.333. The Morgan fingerprint density at radius 2 is 2.10 bits per heavy atom. The molecule has 2 aromatic heterocycles. The lowest BCUT2D eigenvalue weighted by Crippen LogP contribution is -2.29. The van der Waals surface area contributed by atoms with Gasteiger partial charge in [-0.25, -0.2) is 4.68 Å². The maximum Gasteiger partial charge on any atom is 0.261 e. The standard InChI is InChI=1S/C21H25N7O/c22-20(26-17-8-4-5-15(13-17)14-28-12-11-24-27-28)19-18(9-10-23-21(19)29)25-16-6-2-1-3-7-16/h4-5,8-13,16H,1-3,6-7,14H2,(H2,22,26)(H2,23,25,29). The summed E-state index contributed by atoms with van der Waals surface area (Å²) in [7, 11) is 0. The lowest BCUT2D eigenvalue weighted by Gasteiger charge is -2.25. The van der Waals surface area contributed by atoms with Crippen LogP contribution >= 0.6 is 0 Å². The summed E-state index contributed by atoms with van der Waals surface area (Å²) >= 11 is 0.